The molecule has 3 rings (SSSR count). The fraction of sp³-hybridized carbons (Fsp3) is 0.333. The zero-order valence-electron chi connectivity index (χ0n) is 12.5. The monoisotopic (exact) mass is 316 g/mol. The summed E-state index contributed by atoms with van der Waals surface area (Å²) in [7, 11) is 0. The van der Waals surface area contributed by atoms with Gasteiger partial charge in [-0.2, -0.15) is 0 Å². The van der Waals surface area contributed by atoms with Gasteiger partial charge in [0.1, 0.15) is 11.5 Å². The van der Waals surface area contributed by atoms with E-state index in [4.69, 9.17) is 22.1 Å². The van der Waals surface area contributed by atoms with E-state index in [2.05, 4.69) is 4.90 Å². The third-order valence-electron chi connectivity index (χ3n) is 4.11. The predicted octanol–water partition coefficient (Wildman–Crippen LogP) is 4.23. The summed E-state index contributed by atoms with van der Waals surface area (Å²) >= 11 is 6.49. The van der Waals surface area contributed by atoms with Gasteiger partial charge in [-0.25, -0.2) is 0 Å². The Balaban J connectivity index is 1.79. The van der Waals surface area contributed by atoms with Crippen molar-refractivity contribution in [2.45, 2.75) is 18.9 Å². The van der Waals surface area contributed by atoms with Gasteiger partial charge in [0.2, 0.25) is 0 Å². The second-order valence-electron chi connectivity index (χ2n) is 5.59. The molecule has 0 radical (unpaired) electrons. The molecule has 0 amide bonds. The third-order valence-corrected chi connectivity index (χ3v) is 4.44. The molecule has 2 aromatic carbocycles. The van der Waals surface area contributed by atoms with E-state index in [1.807, 2.05) is 48.5 Å². The Kier molecular flexibility index (Phi) is 4.98. The quantitative estimate of drug-likeness (QED) is 0.897. The summed E-state index contributed by atoms with van der Waals surface area (Å²) in [6.07, 6.45) is 2.48. The van der Waals surface area contributed by atoms with Crippen LogP contribution in [-0.4, -0.2) is 24.5 Å². The van der Waals surface area contributed by atoms with Gasteiger partial charge < -0.3 is 10.5 Å². The zero-order valence-corrected chi connectivity index (χ0v) is 13.3. The Hall–Kier alpha value is -1.55. The molecule has 1 fully saturated rings. The van der Waals surface area contributed by atoms with Crippen molar-refractivity contribution in [1.82, 2.24) is 4.90 Å². The minimum Gasteiger partial charge on any atom is -0.457 e. The van der Waals surface area contributed by atoms with Gasteiger partial charge in [-0.1, -0.05) is 35.9 Å². The summed E-state index contributed by atoms with van der Waals surface area (Å²) in [4.78, 5) is 2.42. The van der Waals surface area contributed by atoms with Gasteiger partial charge in [0.25, 0.3) is 0 Å². The maximum Gasteiger partial charge on any atom is 0.128 e. The summed E-state index contributed by atoms with van der Waals surface area (Å²) in [5.41, 5.74) is 7.07. The molecule has 0 saturated carbocycles. The highest BCUT2D eigenvalue weighted by Crippen LogP contribution is 2.33. The lowest BCUT2D eigenvalue weighted by atomic mass is 10.1. The van der Waals surface area contributed by atoms with Crippen LogP contribution in [0.1, 0.15) is 24.4 Å². The standard InChI is InChI=1S/C18H21ClN2O/c19-17-12-15(22-14-6-2-1-3-7-14)8-9-16(17)18(13-20)21-10-4-5-11-21/h1-3,6-9,12,18H,4-5,10-11,13,20H2. The molecule has 0 bridgehead atoms. The highest BCUT2D eigenvalue weighted by molar-refractivity contribution is 6.31. The average molecular weight is 317 g/mol. The summed E-state index contributed by atoms with van der Waals surface area (Å²) in [5.74, 6) is 1.55. The summed E-state index contributed by atoms with van der Waals surface area (Å²) < 4.78 is 5.82. The van der Waals surface area contributed by atoms with Gasteiger partial charge in [-0.3, -0.25) is 4.90 Å². The largest absolute Gasteiger partial charge is 0.457 e. The second kappa shape index (κ2) is 7.14. The average Bonchev–Trinajstić information content (AvgIpc) is 3.05. The summed E-state index contributed by atoms with van der Waals surface area (Å²) in [5, 5.41) is 0.718. The molecule has 0 aromatic heterocycles. The number of benzene rings is 2. The van der Waals surface area contributed by atoms with Crippen molar-refractivity contribution in [3.63, 3.8) is 0 Å². The molecule has 1 aliphatic heterocycles. The summed E-state index contributed by atoms with van der Waals surface area (Å²) in [6.45, 7) is 2.78. The Morgan fingerprint density at radius 1 is 1.05 bits per heavy atom. The molecule has 1 aliphatic rings. The van der Waals surface area contributed by atoms with E-state index < -0.39 is 0 Å². The normalized spacial score (nSPS) is 16.6. The lowest BCUT2D eigenvalue weighted by molar-refractivity contribution is 0.251. The number of likely N-dealkylation sites (tertiary alicyclic amines) is 1. The third kappa shape index (κ3) is 3.43. The second-order valence-corrected chi connectivity index (χ2v) is 6.00. The van der Waals surface area contributed by atoms with E-state index in [1.165, 1.54) is 12.8 Å². The molecule has 22 heavy (non-hydrogen) atoms. The van der Waals surface area contributed by atoms with Crippen molar-refractivity contribution in [3.8, 4) is 11.5 Å². The smallest absolute Gasteiger partial charge is 0.128 e. The topological polar surface area (TPSA) is 38.5 Å². The maximum atomic E-state index is 6.49. The fourth-order valence-corrected chi connectivity index (χ4v) is 3.29. The number of para-hydroxylation sites is 1. The SMILES string of the molecule is NCC(c1ccc(Oc2ccccc2)cc1Cl)N1CCCC1. The van der Waals surface area contributed by atoms with Crippen molar-refractivity contribution >= 4 is 11.6 Å². The predicted molar refractivity (Wildman–Crippen MR) is 90.6 cm³/mol. The first-order valence-corrected chi connectivity index (χ1v) is 8.12. The Bertz CT molecular complexity index is 612. The molecule has 1 heterocycles. The van der Waals surface area contributed by atoms with Gasteiger partial charge in [0.15, 0.2) is 0 Å². The van der Waals surface area contributed by atoms with E-state index in [1.54, 1.807) is 0 Å². The highest BCUT2D eigenvalue weighted by Gasteiger charge is 2.24. The van der Waals surface area contributed by atoms with Crippen LogP contribution in [0.5, 0.6) is 11.5 Å². The number of nitrogens with zero attached hydrogens (tertiary/aromatic N) is 1. The minimum atomic E-state index is 0.195. The molecule has 2 N–H and O–H groups in total. The fourth-order valence-electron chi connectivity index (χ4n) is 2.99. The molecule has 1 atom stereocenters. The number of ether oxygens (including phenoxy) is 1. The van der Waals surface area contributed by atoms with Crippen molar-refractivity contribution in [1.29, 1.82) is 0 Å². The lowest BCUT2D eigenvalue weighted by Gasteiger charge is -2.27. The Labute approximate surface area is 136 Å². The maximum absolute atomic E-state index is 6.49. The first-order valence-electron chi connectivity index (χ1n) is 7.74. The van der Waals surface area contributed by atoms with E-state index in [0.29, 0.717) is 6.54 Å². The van der Waals surface area contributed by atoms with Crippen LogP contribution in [-0.2, 0) is 0 Å². The van der Waals surface area contributed by atoms with Crippen LogP contribution in [0.25, 0.3) is 0 Å². The van der Waals surface area contributed by atoms with Crippen LogP contribution in [0.2, 0.25) is 5.02 Å². The molecule has 0 aliphatic carbocycles. The van der Waals surface area contributed by atoms with Crippen LogP contribution in [0.4, 0.5) is 0 Å². The number of hydrogen-bond acceptors (Lipinski definition) is 3. The van der Waals surface area contributed by atoms with Crippen LogP contribution >= 0.6 is 11.6 Å². The number of rotatable bonds is 5. The van der Waals surface area contributed by atoms with Gasteiger partial charge >= 0.3 is 0 Å². The molecule has 0 spiro atoms. The zero-order chi connectivity index (χ0) is 15.4. The molecule has 4 heteroatoms. The molecule has 2 aromatic rings. The number of hydrogen-bond donors (Lipinski definition) is 1. The molecule has 3 nitrogen and oxygen atoms in total. The summed E-state index contributed by atoms with van der Waals surface area (Å²) in [6, 6.07) is 15.8. The molecule has 1 saturated heterocycles. The molecule has 116 valence electrons. The van der Waals surface area contributed by atoms with E-state index in [0.717, 1.165) is 35.2 Å². The van der Waals surface area contributed by atoms with Gasteiger partial charge in [-0.05, 0) is 55.8 Å². The minimum absolute atomic E-state index is 0.195. The number of halogens is 1. The highest BCUT2D eigenvalue weighted by atomic mass is 35.5. The first-order chi connectivity index (χ1) is 10.8. The Morgan fingerprint density at radius 2 is 1.77 bits per heavy atom. The van der Waals surface area contributed by atoms with Crippen molar-refractivity contribution in [3.05, 3.63) is 59.1 Å². The van der Waals surface area contributed by atoms with E-state index in [-0.39, 0.29) is 6.04 Å². The van der Waals surface area contributed by atoms with Crippen LogP contribution in [0.15, 0.2) is 48.5 Å². The molecule has 1 unspecified atom stereocenters. The van der Waals surface area contributed by atoms with Crippen molar-refractivity contribution in [2.75, 3.05) is 19.6 Å². The van der Waals surface area contributed by atoms with E-state index in [9.17, 15) is 0 Å². The van der Waals surface area contributed by atoms with Gasteiger partial charge in [0, 0.05) is 17.6 Å². The van der Waals surface area contributed by atoms with Crippen LogP contribution in [0.3, 0.4) is 0 Å². The molecular weight excluding hydrogens is 296 g/mol. The van der Waals surface area contributed by atoms with E-state index >= 15 is 0 Å². The first kappa shape index (κ1) is 15.3. The van der Waals surface area contributed by atoms with Gasteiger partial charge in [0.05, 0.1) is 0 Å². The van der Waals surface area contributed by atoms with Gasteiger partial charge in [-0.15, -0.1) is 0 Å². The Morgan fingerprint density at radius 3 is 2.41 bits per heavy atom. The van der Waals surface area contributed by atoms with Crippen molar-refractivity contribution in [2.24, 2.45) is 5.73 Å². The lowest BCUT2D eigenvalue weighted by Crippen LogP contribution is -2.31. The number of nitrogens with two attached hydrogens (primary N) is 1. The van der Waals surface area contributed by atoms with Crippen LogP contribution < -0.4 is 10.5 Å². The van der Waals surface area contributed by atoms with Crippen molar-refractivity contribution < 1.29 is 4.74 Å². The van der Waals surface area contributed by atoms with Crippen LogP contribution in [0, 0.1) is 0 Å². The molecular formula is C18H21ClN2O.